The van der Waals surface area contributed by atoms with E-state index in [1.807, 2.05) is 25.1 Å². The van der Waals surface area contributed by atoms with E-state index in [1.54, 1.807) is 24.3 Å². The van der Waals surface area contributed by atoms with Crippen molar-refractivity contribution < 1.29 is 18.7 Å². The standard InChI is InChI=1S/C21H21FO3/c1-4-5-8-16(21(23)24-3)14-19-15(2)7-6-9-20(19)25-18-12-10-17(22)11-13-18/h4,6-7,9-14H,1,5,8H2,2-3H3/b16-14+. The third-order valence-electron chi connectivity index (χ3n) is 3.71. The van der Waals surface area contributed by atoms with Crippen molar-refractivity contribution in [2.24, 2.45) is 0 Å². The maximum Gasteiger partial charge on any atom is 0.333 e. The monoisotopic (exact) mass is 340 g/mol. The second-order valence-corrected chi connectivity index (χ2v) is 5.53. The lowest BCUT2D eigenvalue weighted by molar-refractivity contribution is -0.136. The molecule has 2 rings (SSSR count). The van der Waals surface area contributed by atoms with Crippen LogP contribution in [0.1, 0.15) is 24.0 Å². The third kappa shape index (κ3) is 5.05. The van der Waals surface area contributed by atoms with Crippen molar-refractivity contribution in [3.63, 3.8) is 0 Å². The van der Waals surface area contributed by atoms with Gasteiger partial charge in [-0.15, -0.1) is 6.58 Å². The van der Waals surface area contributed by atoms with Crippen LogP contribution in [0.15, 0.2) is 60.7 Å². The SMILES string of the molecule is C=CCC/C(=C\c1c(C)cccc1Oc1ccc(F)cc1)C(=O)OC. The normalized spacial score (nSPS) is 11.1. The number of halogens is 1. The van der Waals surface area contributed by atoms with Gasteiger partial charge < -0.3 is 9.47 Å². The van der Waals surface area contributed by atoms with Gasteiger partial charge in [-0.25, -0.2) is 9.18 Å². The first kappa shape index (κ1) is 18.5. The molecule has 0 saturated carbocycles. The van der Waals surface area contributed by atoms with Gasteiger partial charge >= 0.3 is 5.97 Å². The van der Waals surface area contributed by atoms with Gasteiger partial charge in [0, 0.05) is 11.1 Å². The highest BCUT2D eigenvalue weighted by Gasteiger charge is 2.13. The summed E-state index contributed by atoms with van der Waals surface area (Å²) in [6.45, 7) is 5.62. The summed E-state index contributed by atoms with van der Waals surface area (Å²) in [6.07, 6.45) is 4.73. The number of carbonyl (C=O) groups is 1. The molecule has 0 aromatic heterocycles. The highest BCUT2D eigenvalue weighted by atomic mass is 19.1. The highest BCUT2D eigenvalue weighted by molar-refractivity contribution is 5.94. The fourth-order valence-electron chi connectivity index (χ4n) is 2.35. The Balaban J connectivity index is 2.41. The zero-order valence-electron chi connectivity index (χ0n) is 14.4. The molecule has 0 aliphatic carbocycles. The molecule has 0 amide bonds. The van der Waals surface area contributed by atoms with Gasteiger partial charge in [0.15, 0.2) is 0 Å². The van der Waals surface area contributed by atoms with Gasteiger partial charge in [-0.2, -0.15) is 0 Å². The van der Waals surface area contributed by atoms with Crippen molar-refractivity contribution >= 4 is 12.0 Å². The van der Waals surface area contributed by atoms with Crippen LogP contribution in [0.3, 0.4) is 0 Å². The van der Waals surface area contributed by atoms with Gasteiger partial charge in [-0.05, 0) is 61.7 Å². The topological polar surface area (TPSA) is 35.5 Å². The molecule has 0 aliphatic heterocycles. The molecule has 0 spiro atoms. The van der Waals surface area contributed by atoms with Crippen LogP contribution in [0.4, 0.5) is 4.39 Å². The van der Waals surface area contributed by atoms with Crippen LogP contribution in [-0.2, 0) is 9.53 Å². The van der Waals surface area contributed by atoms with Crippen LogP contribution in [0, 0.1) is 12.7 Å². The molecule has 0 heterocycles. The van der Waals surface area contributed by atoms with Crippen LogP contribution in [0.5, 0.6) is 11.5 Å². The number of aryl methyl sites for hydroxylation is 1. The smallest absolute Gasteiger partial charge is 0.333 e. The number of rotatable bonds is 7. The van der Waals surface area contributed by atoms with E-state index in [-0.39, 0.29) is 11.8 Å². The van der Waals surface area contributed by atoms with E-state index in [0.29, 0.717) is 29.9 Å². The summed E-state index contributed by atoms with van der Waals surface area (Å²) >= 11 is 0. The van der Waals surface area contributed by atoms with E-state index in [2.05, 4.69) is 6.58 Å². The number of methoxy groups -OCH3 is 1. The van der Waals surface area contributed by atoms with Crippen LogP contribution in [0.25, 0.3) is 6.08 Å². The average Bonchev–Trinajstić information content (AvgIpc) is 2.62. The first-order valence-electron chi connectivity index (χ1n) is 7.98. The largest absolute Gasteiger partial charge is 0.466 e. The zero-order chi connectivity index (χ0) is 18.2. The van der Waals surface area contributed by atoms with Crippen molar-refractivity contribution in [2.45, 2.75) is 19.8 Å². The summed E-state index contributed by atoms with van der Waals surface area (Å²) in [5.74, 6) is 0.408. The van der Waals surface area contributed by atoms with Crippen molar-refractivity contribution in [1.82, 2.24) is 0 Å². The fraction of sp³-hybridized carbons (Fsp3) is 0.190. The van der Waals surface area contributed by atoms with Crippen molar-refractivity contribution in [2.75, 3.05) is 7.11 Å². The predicted molar refractivity (Wildman–Crippen MR) is 97.1 cm³/mol. The first-order chi connectivity index (χ1) is 12.0. The first-order valence-corrected chi connectivity index (χ1v) is 7.98. The van der Waals surface area contributed by atoms with Gasteiger partial charge in [0.2, 0.25) is 0 Å². The molecule has 0 saturated heterocycles. The third-order valence-corrected chi connectivity index (χ3v) is 3.71. The van der Waals surface area contributed by atoms with Crippen LogP contribution in [0.2, 0.25) is 0 Å². The Labute approximate surface area is 147 Å². The lowest BCUT2D eigenvalue weighted by atomic mass is 10.0. The molecule has 2 aromatic carbocycles. The number of hydrogen-bond donors (Lipinski definition) is 0. The Kier molecular flexibility index (Phi) is 6.52. The fourth-order valence-corrected chi connectivity index (χ4v) is 2.35. The van der Waals surface area contributed by atoms with Crippen molar-refractivity contribution in [3.05, 3.63) is 77.6 Å². The van der Waals surface area contributed by atoms with Crippen LogP contribution >= 0.6 is 0 Å². The van der Waals surface area contributed by atoms with E-state index in [1.165, 1.54) is 19.2 Å². The lowest BCUT2D eigenvalue weighted by Crippen LogP contribution is -2.05. The molecule has 0 fully saturated rings. The number of carbonyl (C=O) groups excluding carboxylic acids is 1. The molecule has 0 bridgehead atoms. The van der Waals surface area contributed by atoms with Crippen molar-refractivity contribution in [3.8, 4) is 11.5 Å². The quantitative estimate of drug-likeness (QED) is 0.382. The van der Waals surface area contributed by atoms with Crippen LogP contribution in [-0.4, -0.2) is 13.1 Å². The zero-order valence-corrected chi connectivity index (χ0v) is 14.4. The molecule has 3 nitrogen and oxygen atoms in total. The number of allylic oxidation sites excluding steroid dienone is 1. The molecule has 0 N–H and O–H groups in total. The Morgan fingerprint density at radius 1 is 1.20 bits per heavy atom. The maximum absolute atomic E-state index is 13.1. The van der Waals surface area contributed by atoms with Crippen molar-refractivity contribution in [1.29, 1.82) is 0 Å². The lowest BCUT2D eigenvalue weighted by Gasteiger charge is -2.13. The minimum atomic E-state index is -0.377. The van der Waals surface area contributed by atoms with Gasteiger partial charge in [0.25, 0.3) is 0 Å². The molecule has 0 unspecified atom stereocenters. The van der Waals surface area contributed by atoms with E-state index in [9.17, 15) is 9.18 Å². The second-order valence-electron chi connectivity index (χ2n) is 5.53. The van der Waals surface area contributed by atoms with E-state index in [4.69, 9.17) is 9.47 Å². The minimum Gasteiger partial charge on any atom is -0.466 e. The average molecular weight is 340 g/mol. The van der Waals surface area contributed by atoms with E-state index >= 15 is 0 Å². The number of ether oxygens (including phenoxy) is 2. The summed E-state index contributed by atoms with van der Waals surface area (Å²) < 4.78 is 23.8. The Hall–Kier alpha value is -2.88. The molecular weight excluding hydrogens is 319 g/mol. The van der Waals surface area contributed by atoms with E-state index in [0.717, 1.165) is 11.1 Å². The number of esters is 1. The molecule has 0 radical (unpaired) electrons. The Bertz CT molecular complexity index is 776. The molecule has 25 heavy (non-hydrogen) atoms. The summed E-state index contributed by atoms with van der Waals surface area (Å²) in [5.41, 5.74) is 2.29. The molecule has 130 valence electrons. The Morgan fingerprint density at radius 3 is 2.56 bits per heavy atom. The molecule has 4 heteroatoms. The summed E-state index contributed by atoms with van der Waals surface area (Å²) in [5, 5.41) is 0. The number of hydrogen-bond acceptors (Lipinski definition) is 3. The van der Waals surface area contributed by atoms with Gasteiger partial charge in [-0.3, -0.25) is 0 Å². The molecular formula is C21H21FO3. The summed E-state index contributed by atoms with van der Waals surface area (Å²) in [4.78, 5) is 12.0. The second kappa shape index (κ2) is 8.83. The Morgan fingerprint density at radius 2 is 1.92 bits per heavy atom. The predicted octanol–water partition coefficient (Wildman–Crippen LogP) is 5.45. The minimum absolute atomic E-state index is 0.325. The van der Waals surface area contributed by atoms with Gasteiger partial charge in [-0.1, -0.05) is 18.2 Å². The molecule has 0 aliphatic rings. The van der Waals surface area contributed by atoms with Gasteiger partial charge in [0.1, 0.15) is 17.3 Å². The molecule has 2 aromatic rings. The van der Waals surface area contributed by atoms with Crippen LogP contribution < -0.4 is 4.74 Å². The molecule has 0 atom stereocenters. The maximum atomic E-state index is 13.1. The summed E-state index contributed by atoms with van der Waals surface area (Å²) in [6, 6.07) is 11.4. The van der Waals surface area contributed by atoms with Gasteiger partial charge in [0.05, 0.1) is 7.11 Å². The summed E-state index contributed by atoms with van der Waals surface area (Å²) in [7, 11) is 1.36. The number of benzene rings is 2. The highest BCUT2D eigenvalue weighted by Crippen LogP contribution is 2.30. The van der Waals surface area contributed by atoms with E-state index < -0.39 is 0 Å².